The summed E-state index contributed by atoms with van der Waals surface area (Å²) in [5.41, 5.74) is 2.10. The van der Waals surface area contributed by atoms with Gasteiger partial charge in [0.2, 0.25) is 0 Å². The van der Waals surface area contributed by atoms with E-state index in [4.69, 9.17) is 4.42 Å². The molecule has 0 saturated carbocycles. The molecule has 0 radical (unpaired) electrons. The Morgan fingerprint density at radius 1 is 1.18 bits per heavy atom. The van der Waals surface area contributed by atoms with Gasteiger partial charge in [-0.1, -0.05) is 12.1 Å². The second-order valence-electron chi connectivity index (χ2n) is 7.10. The molecule has 0 spiro atoms. The first-order valence-corrected chi connectivity index (χ1v) is 9.35. The maximum Gasteiger partial charge on any atom is 0.274 e. The van der Waals surface area contributed by atoms with Crippen molar-refractivity contribution in [2.45, 2.75) is 32.1 Å². The Labute approximate surface area is 162 Å². The third-order valence-electron chi connectivity index (χ3n) is 4.92. The third-order valence-corrected chi connectivity index (χ3v) is 4.92. The van der Waals surface area contributed by atoms with Gasteiger partial charge in [0.25, 0.3) is 5.91 Å². The fourth-order valence-electron chi connectivity index (χ4n) is 3.42. The van der Waals surface area contributed by atoms with Crippen molar-refractivity contribution >= 4 is 5.91 Å². The molecule has 1 aliphatic heterocycles. The molecule has 28 heavy (non-hydrogen) atoms. The summed E-state index contributed by atoms with van der Waals surface area (Å²) in [7, 11) is 0. The Bertz CT molecular complexity index is 953. The molecule has 4 rings (SSSR count). The molecule has 1 saturated heterocycles. The van der Waals surface area contributed by atoms with Crippen molar-refractivity contribution in [3.63, 3.8) is 0 Å². The highest BCUT2D eigenvalue weighted by Crippen LogP contribution is 2.28. The molecule has 6 nitrogen and oxygen atoms in total. The van der Waals surface area contributed by atoms with Gasteiger partial charge in [0.15, 0.2) is 5.89 Å². The number of hydrogen-bond donors (Lipinski definition) is 0. The summed E-state index contributed by atoms with van der Waals surface area (Å²) in [6.45, 7) is 3.07. The largest absolute Gasteiger partial charge is 0.445 e. The van der Waals surface area contributed by atoms with E-state index in [9.17, 15) is 9.18 Å². The summed E-state index contributed by atoms with van der Waals surface area (Å²) < 4.78 is 19.0. The highest BCUT2D eigenvalue weighted by Gasteiger charge is 2.29. The molecule has 0 bridgehead atoms. The van der Waals surface area contributed by atoms with Crippen molar-refractivity contribution in [1.29, 1.82) is 0 Å². The number of likely N-dealkylation sites (tertiary alicyclic amines) is 1. The fourth-order valence-corrected chi connectivity index (χ4v) is 3.42. The van der Waals surface area contributed by atoms with Crippen LogP contribution in [0.25, 0.3) is 0 Å². The summed E-state index contributed by atoms with van der Waals surface area (Å²) in [5.74, 6) is 1.06. The van der Waals surface area contributed by atoms with Crippen LogP contribution in [0.2, 0.25) is 0 Å². The minimum absolute atomic E-state index is 0.0538. The number of aryl methyl sites for hydroxylation is 1. The topological polar surface area (TPSA) is 72.1 Å². The second-order valence-corrected chi connectivity index (χ2v) is 7.10. The standard InChI is InChI=1S/C21H21FN4O2/c1-14-10-24-19(12-23-14)21(27)26-8-2-3-16(13-26)20-25-11-18(28-20)9-15-4-6-17(22)7-5-15/h4-7,10-12,16H,2-3,8-9,13H2,1H3/t16-/m0/s1. The van der Waals surface area contributed by atoms with Crippen LogP contribution in [0, 0.1) is 12.7 Å². The zero-order valence-corrected chi connectivity index (χ0v) is 15.6. The molecule has 1 fully saturated rings. The molecule has 1 atom stereocenters. The second kappa shape index (κ2) is 7.88. The van der Waals surface area contributed by atoms with Crippen LogP contribution in [0.4, 0.5) is 4.39 Å². The van der Waals surface area contributed by atoms with E-state index >= 15 is 0 Å². The monoisotopic (exact) mass is 380 g/mol. The number of amides is 1. The number of hydrogen-bond acceptors (Lipinski definition) is 5. The molecule has 1 amide bonds. The number of nitrogens with zero attached hydrogens (tertiary/aromatic N) is 4. The summed E-state index contributed by atoms with van der Waals surface area (Å²) >= 11 is 0. The van der Waals surface area contributed by atoms with E-state index in [2.05, 4.69) is 15.0 Å². The predicted molar refractivity (Wildman–Crippen MR) is 100 cm³/mol. The molecule has 0 aliphatic carbocycles. The van der Waals surface area contributed by atoms with Gasteiger partial charge in [-0.3, -0.25) is 9.78 Å². The van der Waals surface area contributed by atoms with E-state index in [1.165, 1.54) is 18.3 Å². The van der Waals surface area contributed by atoms with E-state index < -0.39 is 0 Å². The molecule has 144 valence electrons. The van der Waals surface area contributed by atoms with Crippen LogP contribution in [0.3, 0.4) is 0 Å². The smallest absolute Gasteiger partial charge is 0.274 e. The Kier molecular flexibility index (Phi) is 5.14. The number of carbonyl (C=O) groups excluding carboxylic acids is 1. The lowest BCUT2D eigenvalue weighted by Gasteiger charge is -2.31. The van der Waals surface area contributed by atoms with Gasteiger partial charge in [0.1, 0.15) is 17.3 Å². The Balaban J connectivity index is 1.43. The first-order chi connectivity index (χ1) is 13.6. The van der Waals surface area contributed by atoms with Crippen LogP contribution >= 0.6 is 0 Å². The Hall–Kier alpha value is -3.09. The predicted octanol–water partition coefficient (Wildman–Crippen LogP) is 3.52. The molecule has 0 unspecified atom stereocenters. The quantitative estimate of drug-likeness (QED) is 0.692. The van der Waals surface area contributed by atoms with Crippen molar-refractivity contribution in [1.82, 2.24) is 19.9 Å². The van der Waals surface area contributed by atoms with Crippen molar-refractivity contribution < 1.29 is 13.6 Å². The lowest BCUT2D eigenvalue weighted by Crippen LogP contribution is -2.39. The minimum Gasteiger partial charge on any atom is -0.445 e. The molecule has 1 aliphatic rings. The molecule has 1 aromatic carbocycles. The van der Waals surface area contributed by atoms with Gasteiger partial charge in [-0.05, 0) is 37.5 Å². The van der Waals surface area contributed by atoms with Gasteiger partial charge >= 0.3 is 0 Å². The normalized spacial score (nSPS) is 16.9. The van der Waals surface area contributed by atoms with Gasteiger partial charge < -0.3 is 9.32 Å². The molecular formula is C21H21FN4O2. The number of rotatable bonds is 4. The average molecular weight is 380 g/mol. The fraction of sp³-hybridized carbons (Fsp3) is 0.333. The zero-order chi connectivity index (χ0) is 19.5. The molecule has 3 heterocycles. The zero-order valence-electron chi connectivity index (χ0n) is 15.6. The minimum atomic E-state index is -0.257. The van der Waals surface area contributed by atoms with Gasteiger partial charge in [0, 0.05) is 25.7 Å². The van der Waals surface area contributed by atoms with Crippen LogP contribution in [0.5, 0.6) is 0 Å². The van der Waals surface area contributed by atoms with Crippen LogP contribution in [-0.4, -0.2) is 38.8 Å². The van der Waals surface area contributed by atoms with Crippen LogP contribution in [-0.2, 0) is 6.42 Å². The van der Waals surface area contributed by atoms with Gasteiger partial charge in [-0.15, -0.1) is 0 Å². The van der Waals surface area contributed by atoms with Crippen molar-refractivity contribution in [2.75, 3.05) is 13.1 Å². The third kappa shape index (κ3) is 4.08. The van der Waals surface area contributed by atoms with E-state index in [0.717, 1.165) is 29.9 Å². The van der Waals surface area contributed by atoms with Crippen molar-refractivity contribution in [3.8, 4) is 0 Å². The van der Waals surface area contributed by atoms with Crippen molar-refractivity contribution in [3.05, 3.63) is 77.3 Å². The van der Waals surface area contributed by atoms with Gasteiger partial charge in [-0.25, -0.2) is 14.4 Å². The number of aromatic nitrogens is 3. The summed E-state index contributed by atoms with van der Waals surface area (Å²) in [6, 6.07) is 6.35. The molecule has 2 aromatic heterocycles. The first-order valence-electron chi connectivity index (χ1n) is 9.35. The lowest BCUT2D eigenvalue weighted by molar-refractivity contribution is 0.0691. The van der Waals surface area contributed by atoms with Crippen LogP contribution < -0.4 is 0 Å². The highest BCUT2D eigenvalue weighted by atomic mass is 19.1. The number of carbonyl (C=O) groups is 1. The number of piperidine rings is 1. The molecule has 0 N–H and O–H groups in total. The van der Waals surface area contributed by atoms with Crippen molar-refractivity contribution in [2.24, 2.45) is 0 Å². The maximum absolute atomic E-state index is 13.0. The van der Waals surface area contributed by atoms with Gasteiger partial charge in [-0.2, -0.15) is 0 Å². The van der Waals surface area contributed by atoms with Crippen LogP contribution in [0.15, 0.2) is 47.3 Å². The van der Waals surface area contributed by atoms with E-state index in [1.807, 2.05) is 6.92 Å². The number of halogens is 1. The highest BCUT2D eigenvalue weighted by molar-refractivity contribution is 5.92. The lowest BCUT2D eigenvalue weighted by atomic mass is 9.98. The number of benzene rings is 1. The Morgan fingerprint density at radius 2 is 2.00 bits per heavy atom. The van der Waals surface area contributed by atoms with E-state index in [1.54, 1.807) is 29.4 Å². The summed E-state index contributed by atoms with van der Waals surface area (Å²) in [6.07, 6.45) is 7.19. The van der Waals surface area contributed by atoms with E-state index in [0.29, 0.717) is 31.1 Å². The molecule has 7 heteroatoms. The molecule has 3 aromatic rings. The summed E-state index contributed by atoms with van der Waals surface area (Å²) in [4.78, 5) is 27.3. The first kappa shape index (κ1) is 18.3. The Morgan fingerprint density at radius 3 is 2.75 bits per heavy atom. The number of oxazole rings is 1. The van der Waals surface area contributed by atoms with E-state index in [-0.39, 0.29) is 17.6 Å². The maximum atomic E-state index is 13.0. The van der Waals surface area contributed by atoms with Gasteiger partial charge in [0.05, 0.1) is 24.0 Å². The SMILES string of the molecule is Cc1cnc(C(=O)N2CCC[C@H](c3ncc(Cc4ccc(F)cc4)o3)C2)cn1. The van der Waals surface area contributed by atoms with Crippen LogP contribution in [0.1, 0.15) is 52.2 Å². The average Bonchev–Trinajstić information content (AvgIpc) is 3.18. The summed E-state index contributed by atoms with van der Waals surface area (Å²) in [5, 5.41) is 0. The molecular weight excluding hydrogens is 359 g/mol.